The molecule has 0 spiro atoms. The van der Waals surface area contributed by atoms with E-state index < -0.39 is 6.10 Å². The van der Waals surface area contributed by atoms with Crippen molar-refractivity contribution >= 4 is 5.91 Å². The molecule has 0 saturated carbocycles. The normalized spacial score (nSPS) is 17.2. The third-order valence-electron chi connectivity index (χ3n) is 4.44. The van der Waals surface area contributed by atoms with Crippen molar-refractivity contribution in [1.82, 2.24) is 4.90 Å². The molecule has 0 aliphatic carbocycles. The molecule has 1 atom stereocenters. The lowest BCUT2D eigenvalue weighted by molar-refractivity contribution is -0.137. The van der Waals surface area contributed by atoms with Crippen LogP contribution in [0.15, 0.2) is 18.2 Å². The molecule has 1 aliphatic rings. The van der Waals surface area contributed by atoms with E-state index >= 15 is 0 Å². The van der Waals surface area contributed by atoms with Crippen LogP contribution in [0.4, 0.5) is 0 Å². The zero-order valence-electron chi connectivity index (χ0n) is 14.4. The number of likely N-dealkylation sites (tertiary alicyclic amines) is 1. The molecule has 1 heterocycles. The van der Waals surface area contributed by atoms with Crippen LogP contribution < -0.4 is 4.74 Å². The summed E-state index contributed by atoms with van der Waals surface area (Å²) in [4.78, 5) is 14.5. The van der Waals surface area contributed by atoms with E-state index in [-0.39, 0.29) is 5.91 Å². The van der Waals surface area contributed by atoms with E-state index in [1.807, 2.05) is 24.0 Å². The highest BCUT2D eigenvalue weighted by Crippen LogP contribution is 2.24. The third-order valence-corrected chi connectivity index (χ3v) is 4.44. The van der Waals surface area contributed by atoms with Gasteiger partial charge in [-0.15, -0.1) is 0 Å². The van der Waals surface area contributed by atoms with Crippen LogP contribution in [0.5, 0.6) is 5.75 Å². The molecule has 0 aromatic heterocycles. The minimum absolute atomic E-state index is 0.118. The van der Waals surface area contributed by atoms with Crippen molar-refractivity contribution in [2.45, 2.75) is 65.4 Å². The smallest absolute Gasteiger partial charge is 0.263 e. The minimum Gasteiger partial charge on any atom is -0.481 e. The highest BCUT2D eigenvalue weighted by molar-refractivity contribution is 5.80. The second-order valence-electron chi connectivity index (χ2n) is 6.67. The number of amides is 1. The lowest BCUT2D eigenvalue weighted by atomic mass is 9.98. The summed E-state index contributed by atoms with van der Waals surface area (Å²) in [5.74, 6) is 1.41. The predicted molar refractivity (Wildman–Crippen MR) is 90.4 cm³/mol. The molecule has 1 aromatic rings. The van der Waals surface area contributed by atoms with Crippen LogP contribution in [0.3, 0.4) is 0 Å². The van der Waals surface area contributed by atoms with Crippen LogP contribution in [-0.4, -0.2) is 30.0 Å². The lowest BCUT2D eigenvalue weighted by Crippen LogP contribution is -2.41. The van der Waals surface area contributed by atoms with Crippen molar-refractivity contribution in [1.29, 1.82) is 0 Å². The number of rotatable bonds is 4. The Balaban J connectivity index is 2.00. The van der Waals surface area contributed by atoms with Gasteiger partial charge in [0.25, 0.3) is 5.91 Å². The molecule has 0 N–H and O–H groups in total. The van der Waals surface area contributed by atoms with Gasteiger partial charge in [0, 0.05) is 13.1 Å². The van der Waals surface area contributed by atoms with E-state index in [9.17, 15) is 4.79 Å². The molecule has 0 radical (unpaired) electrons. The molecule has 22 heavy (non-hydrogen) atoms. The summed E-state index contributed by atoms with van der Waals surface area (Å²) in [6.07, 6.45) is 4.27. The fourth-order valence-electron chi connectivity index (χ4n) is 3.17. The van der Waals surface area contributed by atoms with Crippen LogP contribution in [0.25, 0.3) is 0 Å². The molecule has 1 saturated heterocycles. The number of aryl methyl sites for hydroxylation is 1. The van der Waals surface area contributed by atoms with Gasteiger partial charge >= 0.3 is 0 Å². The largest absolute Gasteiger partial charge is 0.481 e. The molecule has 0 bridgehead atoms. The summed E-state index contributed by atoms with van der Waals surface area (Å²) in [5.41, 5.74) is 2.56. The summed E-state index contributed by atoms with van der Waals surface area (Å²) in [5, 5.41) is 0. The maximum Gasteiger partial charge on any atom is 0.263 e. The van der Waals surface area contributed by atoms with Crippen LogP contribution in [0, 0.1) is 6.92 Å². The molecule has 2 rings (SSSR count). The van der Waals surface area contributed by atoms with Gasteiger partial charge in [0.1, 0.15) is 5.75 Å². The molecule has 1 unspecified atom stereocenters. The molecule has 3 nitrogen and oxygen atoms in total. The fraction of sp³-hybridized carbons (Fsp3) is 0.632. The molecule has 1 fully saturated rings. The Morgan fingerprint density at radius 1 is 1.09 bits per heavy atom. The number of hydrogen-bond donors (Lipinski definition) is 0. The Kier molecular flexibility index (Phi) is 5.87. The second kappa shape index (κ2) is 7.66. The minimum atomic E-state index is -0.414. The van der Waals surface area contributed by atoms with Gasteiger partial charge in [-0.25, -0.2) is 0 Å². The zero-order chi connectivity index (χ0) is 16.1. The maximum absolute atomic E-state index is 12.5. The van der Waals surface area contributed by atoms with Crippen molar-refractivity contribution in [3.63, 3.8) is 0 Å². The van der Waals surface area contributed by atoms with Gasteiger partial charge in [-0.3, -0.25) is 4.79 Å². The summed E-state index contributed by atoms with van der Waals surface area (Å²) in [6, 6.07) is 6.13. The van der Waals surface area contributed by atoms with Crippen LogP contribution in [-0.2, 0) is 4.79 Å². The monoisotopic (exact) mass is 303 g/mol. The molecule has 3 heteroatoms. The second-order valence-corrected chi connectivity index (χ2v) is 6.67. The average Bonchev–Trinajstić information content (AvgIpc) is 2.75. The van der Waals surface area contributed by atoms with E-state index in [0.717, 1.165) is 31.7 Å². The van der Waals surface area contributed by atoms with Crippen molar-refractivity contribution < 1.29 is 9.53 Å². The highest BCUT2D eigenvalue weighted by Gasteiger charge is 2.22. The first-order valence-electron chi connectivity index (χ1n) is 8.55. The van der Waals surface area contributed by atoms with E-state index in [1.165, 1.54) is 24.0 Å². The third kappa shape index (κ3) is 4.25. The fourth-order valence-corrected chi connectivity index (χ4v) is 3.17. The quantitative estimate of drug-likeness (QED) is 0.830. The Bertz CT molecular complexity index is 502. The maximum atomic E-state index is 12.5. The zero-order valence-corrected chi connectivity index (χ0v) is 14.4. The van der Waals surface area contributed by atoms with Gasteiger partial charge in [0.15, 0.2) is 6.10 Å². The molecule has 1 aromatic carbocycles. The van der Waals surface area contributed by atoms with Crippen LogP contribution in [0.2, 0.25) is 0 Å². The van der Waals surface area contributed by atoms with Crippen molar-refractivity contribution in [3.05, 3.63) is 29.3 Å². The summed E-state index contributed by atoms with van der Waals surface area (Å²) >= 11 is 0. The molecular formula is C19H29NO2. The number of ether oxygens (including phenoxy) is 1. The van der Waals surface area contributed by atoms with E-state index in [2.05, 4.69) is 26.8 Å². The van der Waals surface area contributed by atoms with E-state index in [4.69, 9.17) is 4.74 Å². The number of carbonyl (C=O) groups excluding carboxylic acids is 1. The predicted octanol–water partition coefficient (Wildman–Crippen LogP) is 4.29. The highest BCUT2D eigenvalue weighted by atomic mass is 16.5. The van der Waals surface area contributed by atoms with E-state index in [1.54, 1.807) is 0 Å². The van der Waals surface area contributed by atoms with E-state index in [0.29, 0.717) is 5.92 Å². The van der Waals surface area contributed by atoms with Gasteiger partial charge in [0.2, 0.25) is 0 Å². The Morgan fingerprint density at radius 3 is 2.27 bits per heavy atom. The van der Waals surface area contributed by atoms with Gasteiger partial charge < -0.3 is 9.64 Å². The SMILES string of the molecule is Cc1cc(OC(C)C(=O)N2CCCCCC2)ccc1C(C)C. The summed E-state index contributed by atoms with van der Waals surface area (Å²) in [7, 11) is 0. The Morgan fingerprint density at radius 2 is 1.73 bits per heavy atom. The molecular weight excluding hydrogens is 274 g/mol. The number of benzene rings is 1. The van der Waals surface area contributed by atoms with Crippen LogP contribution >= 0.6 is 0 Å². The molecule has 1 aliphatic heterocycles. The van der Waals surface area contributed by atoms with Gasteiger partial charge in [-0.05, 0) is 55.9 Å². The Labute approximate surface area is 134 Å². The number of hydrogen-bond acceptors (Lipinski definition) is 2. The Hall–Kier alpha value is -1.51. The molecule has 1 amide bonds. The van der Waals surface area contributed by atoms with Crippen molar-refractivity contribution in [2.75, 3.05) is 13.1 Å². The topological polar surface area (TPSA) is 29.5 Å². The van der Waals surface area contributed by atoms with Crippen molar-refractivity contribution in [2.24, 2.45) is 0 Å². The standard InChI is InChI=1S/C19H29NO2/c1-14(2)18-10-9-17(13-15(18)3)22-16(4)19(21)20-11-7-5-6-8-12-20/h9-10,13-14,16H,5-8,11-12H2,1-4H3. The van der Waals surface area contributed by atoms with Gasteiger partial charge in [-0.2, -0.15) is 0 Å². The number of carbonyl (C=O) groups is 1. The summed E-state index contributed by atoms with van der Waals surface area (Å²) < 4.78 is 5.89. The summed E-state index contributed by atoms with van der Waals surface area (Å²) in [6.45, 7) is 10.1. The first-order valence-corrected chi connectivity index (χ1v) is 8.55. The average molecular weight is 303 g/mol. The first kappa shape index (κ1) is 16.9. The van der Waals surface area contributed by atoms with Gasteiger partial charge in [-0.1, -0.05) is 32.8 Å². The lowest BCUT2D eigenvalue weighted by Gasteiger charge is -2.25. The van der Waals surface area contributed by atoms with Crippen LogP contribution in [0.1, 0.15) is 63.5 Å². The van der Waals surface area contributed by atoms with Crippen molar-refractivity contribution in [3.8, 4) is 5.75 Å². The number of nitrogens with zero attached hydrogens (tertiary/aromatic N) is 1. The first-order chi connectivity index (χ1) is 10.5. The molecule has 122 valence electrons. The van der Waals surface area contributed by atoms with Gasteiger partial charge in [0.05, 0.1) is 0 Å².